The largest absolute Gasteiger partial charge is 1.00 e. The molecule has 0 aromatic heterocycles. The molecule has 0 aromatic rings. The van der Waals surface area contributed by atoms with Crippen LogP contribution >= 0.6 is 0 Å². The van der Waals surface area contributed by atoms with Crippen molar-refractivity contribution in [1.82, 2.24) is 0 Å². The standard InChI is InChI=1S/C4H11NO.Na.H2O/c1-3-4(2,5)6;;/h6H,3,5H2,1-2H3;;1H2/q;+1;/p-1. The summed E-state index contributed by atoms with van der Waals surface area (Å²) >= 11 is 0. The Kier molecular flexibility index (Phi) is 12.0. The van der Waals surface area contributed by atoms with Gasteiger partial charge < -0.3 is 16.3 Å². The predicted molar refractivity (Wildman–Crippen MR) is 27.0 cm³/mol. The van der Waals surface area contributed by atoms with Crippen molar-refractivity contribution >= 4 is 0 Å². The van der Waals surface area contributed by atoms with Crippen LogP contribution < -0.4 is 35.3 Å². The molecule has 46 valence electrons. The number of rotatable bonds is 1. The van der Waals surface area contributed by atoms with Crippen molar-refractivity contribution in [2.45, 2.75) is 26.0 Å². The van der Waals surface area contributed by atoms with Crippen LogP contribution in [-0.4, -0.2) is 16.3 Å². The average Bonchev–Trinajstić information content (AvgIpc) is 1.35. The molecule has 4 N–H and O–H groups in total. The van der Waals surface area contributed by atoms with Crippen LogP contribution in [0.3, 0.4) is 0 Å². The molecule has 0 heterocycles. The normalized spacial score (nSPS) is 15.0. The van der Waals surface area contributed by atoms with Crippen LogP contribution in [-0.2, 0) is 0 Å². The van der Waals surface area contributed by atoms with Crippen LogP contribution in [0.5, 0.6) is 0 Å². The molecule has 0 rings (SSSR count). The zero-order chi connectivity index (χ0) is 5.21. The summed E-state index contributed by atoms with van der Waals surface area (Å²) < 4.78 is 0. The summed E-state index contributed by atoms with van der Waals surface area (Å²) in [5.74, 6) is 0. The molecule has 0 aromatic carbocycles. The van der Waals surface area contributed by atoms with Gasteiger partial charge in [-0.05, 0) is 13.3 Å². The van der Waals surface area contributed by atoms with E-state index in [1.807, 2.05) is 6.92 Å². The van der Waals surface area contributed by atoms with E-state index in [2.05, 4.69) is 0 Å². The minimum Gasteiger partial charge on any atom is -0.870 e. The van der Waals surface area contributed by atoms with E-state index in [9.17, 15) is 0 Å². The van der Waals surface area contributed by atoms with Gasteiger partial charge in [-0.15, -0.1) is 0 Å². The van der Waals surface area contributed by atoms with Gasteiger partial charge in [-0.2, -0.15) is 0 Å². The SMILES string of the molecule is CCC(C)(N)O.[Na+].[OH-]. The third-order valence-electron chi connectivity index (χ3n) is 0.716. The van der Waals surface area contributed by atoms with Crippen LogP contribution in [0, 0.1) is 0 Å². The van der Waals surface area contributed by atoms with Gasteiger partial charge in [-0.1, -0.05) is 6.92 Å². The average molecular weight is 129 g/mol. The zero-order valence-corrected chi connectivity index (χ0v) is 7.68. The van der Waals surface area contributed by atoms with E-state index in [0.29, 0.717) is 6.42 Å². The van der Waals surface area contributed by atoms with E-state index in [1.165, 1.54) is 0 Å². The summed E-state index contributed by atoms with van der Waals surface area (Å²) in [6.07, 6.45) is 0.604. The maximum atomic E-state index is 8.60. The number of aliphatic hydroxyl groups is 1. The minimum atomic E-state index is -0.958. The van der Waals surface area contributed by atoms with Crippen LogP contribution in [0.4, 0.5) is 0 Å². The van der Waals surface area contributed by atoms with Gasteiger partial charge in [0.05, 0.1) is 0 Å². The van der Waals surface area contributed by atoms with E-state index < -0.39 is 5.72 Å². The first-order valence-electron chi connectivity index (χ1n) is 2.07. The number of hydrogen-bond acceptors (Lipinski definition) is 3. The van der Waals surface area contributed by atoms with Crippen LogP contribution in [0.25, 0.3) is 0 Å². The van der Waals surface area contributed by atoms with Crippen molar-refractivity contribution in [2.75, 3.05) is 0 Å². The molecule has 1 atom stereocenters. The van der Waals surface area contributed by atoms with Gasteiger partial charge >= 0.3 is 29.6 Å². The van der Waals surface area contributed by atoms with Crippen molar-refractivity contribution in [3.63, 3.8) is 0 Å². The Balaban J connectivity index is -0.000000125. The molecule has 0 amide bonds. The Hall–Kier alpha value is 0.880. The van der Waals surface area contributed by atoms with Gasteiger partial charge in [0.2, 0.25) is 0 Å². The van der Waals surface area contributed by atoms with Crippen molar-refractivity contribution in [2.24, 2.45) is 5.73 Å². The summed E-state index contributed by atoms with van der Waals surface area (Å²) in [6.45, 7) is 3.41. The third kappa shape index (κ3) is 15.8. The van der Waals surface area contributed by atoms with E-state index in [0.717, 1.165) is 0 Å². The first-order valence-corrected chi connectivity index (χ1v) is 2.07. The van der Waals surface area contributed by atoms with Gasteiger partial charge in [0, 0.05) is 0 Å². The molecule has 0 saturated heterocycles. The second-order valence-corrected chi connectivity index (χ2v) is 1.71. The minimum absolute atomic E-state index is 0. The molecule has 0 radical (unpaired) electrons. The Morgan fingerprint density at radius 1 is 1.62 bits per heavy atom. The number of nitrogens with two attached hydrogens (primary N) is 1. The molecule has 0 aliphatic carbocycles. The Bertz CT molecular complexity index is 43.8. The smallest absolute Gasteiger partial charge is 0.870 e. The molecular weight excluding hydrogens is 117 g/mol. The van der Waals surface area contributed by atoms with Crippen LogP contribution in [0.2, 0.25) is 0 Å². The van der Waals surface area contributed by atoms with E-state index in [4.69, 9.17) is 10.8 Å². The summed E-state index contributed by atoms with van der Waals surface area (Å²) in [6, 6.07) is 0. The molecule has 0 fully saturated rings. The van der Waals surface area contributed by atoms with E-state index in [1.54, 1.807) is 6.92 Å². The molecule has 0 bridgehead atoms. The first-order chi connectivity index (χ1) is 2.56. The second kappa shape index (κ2) is 6.01. The fourth-order valence-electron chi connectivity index (χ4n) is 0. The fourth-order valence-corrected chi connectivity index (χ4v) is 0. The Morgan fingerprint density at radius 2 is 1.75 bits per heavy atom. The van der Waals surface area contributed by atoms with Crippen molar-refractivity contribution in [3.05, 3.63) is 0 Å². The molecule has 0 spiro atoms. The summed E-state index contributed by atoms with van der Waals surface area (Å²) in [5.41, 5.74) is 4.13. The van der Waals surface area contributed by atoms with Crippen molar-refractivity contribution in [1.29, 1.82) is 0 Å². The van der Waals surface area contributed by atoms with Crippen molar-refractivity contribution in [3.8, 4) is 0 Å². The molecule has 1 unspecified atom stereocenters. The Labute approximate surface area is 71.9 Å². The zero-order valence-electron chi connectivity index (χ0n) is 5.68. The van der Waals surface area contributed by atoms with Gasteiger partial charge in [-0.3, -0.25) is 0 Å². The van der Waals surface area contributed by atoms with E-state index >= 15 is 0 Å². The Morgan fingerprint density at radius 3 is 1.75 bits per heavy atom. The van der Waals surface area contributed by atoms with Crippen molar-refractivity contribution < 1.29 is 40.1 Å². The van der Waals surface area contributed by atoms with Gasteiger partial charge in [0.25, 0.3) is 0 Å². The van der Waals surface area contributed by atoms with Gasteiger partial charge in [0.15, 0.2) is 0 Å². The van der Waals surface area contributed by atoms with Crippen LogP contribution in [0.15, 0.2) is 0 Å². The predicted octanol–water partition coefficient (Wildman–Crippen LogP) is -3.11. The summed E-state index contributed by atoms with van der Waals surface area (Å²) in [7, 11) is 0. The molecule has 0 aliphatic heterocycles. The molecule has 4 heteroatoms. The fraction of sp³-hybridized carbons (Fsp3) is 1.00. The summed E-state index contributed by atoms with van der Waals surface area (Å²) in [5, 5.41) is 8.60. The second-order valence-electron chi connectivity index (χ2n) is 1.71. The molecular formula is C4H12NNaO2. The molecule has 0 aliphatic rings. The van der Waals surface area contributed by atoms with Crippen LogP contribution in [0.1, 0.15) is 20.3 Å². The monoisotopic (exact) mass is 129 g/mol. The maximum absolute atomic E-state index is 8.60. The topological polar surface area (TPSA) is 76.2 Å². The third-order valence-corrected chi connectivity index (χ3v) is 0.716. The van der Waals surface area contributed by atoms with E-state index in [-0.39, 0.29) is 35.0 Å². The maximum Gasteiger partial charge on any atom is 1.00 e. The quantitative estimate of drug-likeness (QED) is 0.290. The molecule has 8 heavy (non-hydrogen) atoms. The van der Waals surface area contributed by atoms with Gasteiger partial charge in [-0.25, -0.2) is 0 Å². The summed E-state index contributed by atoms with van der Waals surface area (Å²) in [4.78, 5) is 0. The molecule has 3 nitrogen and oxygen atoms in total. The van der Waals surface area contributed by atoms with Gasteiger partial charge in [0.1, 0.15) is 5.72 Å². The molecule has 0 saturated carbocycles. The number of hydrogen-bond donors (Lipinski definition) is 2. The first kappa shape index (κ1) is 15.9.